The predicted molar refractivity (Wildman–Crippen MR) is 209 cm³/mol. The Balaban J connectivity index is 1.29. The first kappa shape index (κ1) is 28.2. The van der Waals surface area contributed by atoms with Crippen molar-refractivity contribution in [1.29, 1.82) is 0 Å². The zero-order chi connectivity index (χ0) is 33.5. The van der Waals surface area contributed by atoms with Crippen molar-refractivity contribution in [1.82, 2.24) is 19.8 Å². The highest BCUT2D eigenvalue weighted by molar-refractivity contribution is 6.29. The summed E-state index contributed by atoms with van der Waals surface area (Å²) in [5, 5.41) is 14.5. The average Bonchev–Trinajstić information content (AvgIpc) is 3.85. The average molecular weight is 658 g/mol. The van der Waals surface area contributed by atoms with E-state index in [1.807, 2.05) is 18.2 Å². The van der Waals surface area contributed by atoms with Crippen LogP contribution >= 0.6 is 0 Å². The fraction of sp³-hybridized carbons (Fsp3) is 0.0444. The van der Waals surface area contributed by atoms with Gasteiger partial charge >= 0.3 is 0 Å². The summed E-state index contributed by atoms with van der Waals surface area (Å²) in [4.78, 5) is 5.42. The van der Waals surface area contributed by atoms with Crippen LogP contribution in [0.4, 0.5) is 0 Å². The highest BCUT2D eigenvalue weighted by atomic mass is 16.3. The molecule has 0 saturated carbocycles. The van der Waals surface area contributed by atoms with E-state index in [4.69, 9.17) is 9.41 Å². The number of aromatic nitrogens is 2. The van der Waals surface area contributed by atoms with E-state index < -0.39 is 0 Å². The Morgan fingerprint density at radius 1 is 0.490 bits per heavy atom. The lowest BCUT2D eigenvalue weighted by Gasteiger charge is -2.32. The molecule has 11 rings (SSSR count). The van der Waals surface area contributed by atoms with Gasteiger partial charge in [0.25, 0.3) is 0 Å². The van der Waals surface area contributed by atoms with Gasteiger partial charge < -0.3 is 14.3 Å². The molecule has 6 nitrogen and oxygen atoms in total. The van der Waals surface area contributed by atoms with Crippen molar-refractivity contribution < 1.29 is 4.42 Å². The van der Waals surface area contributed by atoms with Gasteiger partial charge in [0.05, 0.1) is 22.1 Å². The molecule has 2 N–H and O–H groups in total. The topological polar surface area (TPSA) is 59.4 Å². The number of furan rings is 1. The van der Waals surface area contributed by atoms with Crippen molar-refractivity contribution in [2.45, 2.75) is 12.3 Å². The Bertz CT molecular complexity index is 2970. The van der Waals surface area contributed by atoms with E-state index in [1.54, 1.807) is 0 Å². The normalized spacial score (nSPS) is 16.4. The summed E-state index contributed by atoms with van der Waals surface area (Å²) in [5.74, 6) is 0.772. The fourth-order valence-electron chi connectivity index (χ4n) is 8.13. The van der Waals surface area contributed by atoms with Gasteiger partial charge in [0.1, 0.15) is 23.5 Å². The molecule has 0 amide bonds. The number of fused-ring (bicyclic) bond motifs is 10. The maximum Gasteiger partial charge on any atom is 0.206 e. The van der Waals surface area contributed by atoms with Crippen LogP contribution in [0.25, 0.3) is 71.2 Å². The van der Waals surface area contributed by atoms with E-state index >= 15 is 0 Å². The second kappa shape index (κ2) is 10.9. The minimum Gasteiger partial charge on any atom is -0.456 e. The van der Waals surface area contributed by atoms with Crippen LogP contribution in [0.15, 0.2) is 173 Å². The number of nitrogens with one attached hydrogen (secondary N) is 2. The van der Waals surface area contributed by atoms with Crippen molar-refractivity contribution in [2.75, 3.05) is 0 Å². The van der Waals surface area contributed by atoms with Crippen molar-refractivity contribution >= 4 is 71.5 Å². The molecule has 10 aromatic rings. The lowest BCUT2D eigenvalue weighted by Crippen LogP contribution is -2.47. The highest BCUT2D eigenvalue weighted by Gasteiger charge is 2.29. The summed E-state index contributed by atoms with van der Waals surface area (Å²) < 4.78 is 11.2. The first-order chi connectivity index (χ1) is 25.3. The first-order valence-electron chi connectivity index (χ1n) is 17.4. The zero-order valence-corrected chi connectivity index (χ0v) is 27.5. The Kier molecular flexibility index (Phi) is 6.05. The maximum absolute atomic E-state index is 6.52. The summed E-state index contributed by atoms with van der Waals surface area (Å²) in [7, 11) is 0. The Labute approximate surface area is 292 Å². The second-order valence-corrected chi connectivity index (χ2v) is 13.3. The summed E-state index contributed by atoms with van der Waals surface area (Å²) in [5.41, 5.74) is 9.53. The van der Waals surface area contributed by atoms with E-state index in [-0.39, 0.29) is 12.3 Å². The molecule has 1 aliphatic heterocycles. The van der Waals surface area contributed by atoms with Crippen molar-refractivity contribution in [2.24, 2.45) is 4.99 Å². The highest BCUT2D eigenvalue weighted by Crippen LogP contribution is 2.43. The van der Waals surface area contributed by atoms with Crippen LogP contribution in [-0.2, 0) is 0 Å². The minimum atomic E-state index is -0.269. The van der Waals surface area contributed by atoms with Gasteiger partial charge in [0, 0.05) is 44.1 Å². The molecule has 3 aromatic heterocycles. The van der Waals surface area contributed by atoms with Crippen molar-refractivity contribution in [3.8, 4) is 5.69 Å². The SMILES string of the molecule is c1ccc(C2N=C(n3c4cc5oc6ccccc6c5cc4c4c3ccc3c5ccccc5n(-c5ccccc5)c34)NC(c3ccccc3)N2)cc1. The predicted octanol–water partition coefficient (Wildman–Crippen LogP) is 10.6. The molecule has 2 unspecified atom stereocenters. The molecule has 4 heterocycles. The molecule has 0 spiro atoms. The van der Waals surface area contributed by atoms with Gasteiger partial charge in [-0.2, -0.15) is 0 Å². The van der Waals surface area contributed by atoms with Gasteiger partial charge in [-0.15, -0.1) is 0 Å². The van der Waals surface area contributed by atoms with E-state index in [1.165, 1.54) is 27.2 Å². The summed E-state index contributed by atoms with van der Waals surface area (Å²) >= 11 is 0. The third-order valence-corrected chi connectivity index (χ3v) is 10.4. The smallest absolute Gasteiger partial charge is 0.206 e. The molecule has 0 radical (unpaired) electrons. The molecule has 0 aliphatic carbocycles. The molecular formula is C45H31N5O. The molecule has 6 heteroatoms. The lowest BCUT2D eigenvalue weighted by atomic mass is 10.1. The summed E-state index contributed by atoms with van der Waals surface area (Å²) in [6.45, 7) is 0. The Morgan fingerprint density at radius 2 is 1.18 bits per heavy atom. The molecule has 0 saturated heterocycles. The molecular weight excluding hydrogens is 627 g/mol. The summed E-state index contributed by atoms with van der Waals surface area (Å²) in [6.07, 6.45) is -0.444. The lowest BCUT2D eigenvalue weighted by molar-refractivity contribution is 0.403. The quantitative estimate of drug-likeness (QED) is 0.199. The number of para-hydroxylation sites is 3. The number of hydrogen-bond donors (Lipinski definition) is 2. The van der Waals surface area contributed by atoms with E-state index in [9.17, 15) is 0 Å². The van der Waals surface area contributed by atoms with E-state index in [2.05, 4.69) is 165 Å². The minimum absolute atomic E-state index is 0.175. The molecule has 0 bridgehead atoms. The van der Waals surface area contributed by atoms with Crippen LogP contribution in [0.1, 0.15) is 23.5 Å². The van der Waals surface area contributed by atoms with Crippen LogP contribution < -0.4 is 10.6 Å². The van der Waals surface area contributed by atoms with Crippen molar-refractivity contribution in [3.05, 3.63) is 175 Å². The number of rotatable bonds is 3. The number of aliphatic imine (C=N–C) groups is 1. The molecule has 7 aromatic carbocycles. The molecule has 2 atom stereocenters. The second-order valence-electron chi connectivity index (χ2n) is 13.3. The van der Waals surface area contributed by atoms with Crippen LogP contribution in [-0.4, -0.2) is 15.1 Å². The van der Waals surface area contributed by atoms with Crippen molar-refractivity contribution in [3.63, 3.8) is 0 Å². The zero-order valence-electron chi connectivity index (χ0n) is 27.5. The summed E-state index contributed by atoms with van der Waals surface area (Å²) in [6, 6.07) is 57.8. The van der Waals surface area contributed by atoms with Gasteiger partial charge in [-0.1, -0.05) is 121 Å². The monoisotopic (exact) mass is 657 g/mol. The van der Waals surface area contributed by atoms with E-state index in [0.717, 1.165) is 61.1 Å². The fourth-order valence-corrected chi connectivity index (χ4v) is 8.13. The Hall–Kier alpha value is -6.63. The van der Waals surface area contributed by atoms with Crippen LogP contribution in [0.3, 0.4) is 0 Å². The van der Waals surface area contributed by atoms with Gasteiger partial charge in [-0.3, -0.25) is 9.88 Å². The van der Waals surface area contributed by atoms with E-state index in [0.29, 0.717) is 0 Å². The van der Waals surface area contributed by atoms with Gasteiger partial charge in [-0.05, 0) is 47.5 Å². The number of hydrogen-bond acceptors (Lipinski definition) is 4. The standard InChI is InChI=1S/C45H31N5O/c1-4-14-28(15-5-1)43-46-44(29-16-6-2-7-17-29)48-45(47-43)50-37-25-24-33-31-20-10-12-22-36(31)49(30-18-8-3-9-19-30)42(33)41(37)35-26-34-32-21-11-13-23-39(32)51-40(34)27-38(35)50/h1-27,43-44,46H,(H,47,48). The Morgan fingerprint density at radius 3 is 1.98 bits per heavy atom. The molecule has 51 heavy (non-hydrogen) atoms. The van der Waals surface area contributed by atoms with Crippen LogP contribution in [0.2, 0.25) is 0 Å². The molecule has 0 fully saturated rings. The third kappa shape index (κ3) is 4.24. The van der Waals surface area contributed by atoms with Gasteiger partial charge in [-0.25, -0.2) is 4.99 Å². The number of nitrogens with zero attached hydrogens (tertiary/aromatic N) is 3. The third-order valence-electron chi connectivity index (χ3n) is 10.4. The largest absolute Gasteiger partial charge is 0.456 e. The van der Waals surface area contributed by atoms with Gasteiger partial charge in [0.2, 0.25) is 5.96 Å². The van der Waals surface area contributed by atoms with Crippen LogP contribution in [0.5, 0.6) is 0 Å². The molecule has 242 valence electrons. The van der Waals surface area contributed by atoms with Gasteiger partial charge in [0.15, 0.2) is 0 Å². The first-order valence-corrected chi connectivity index (χ1v) is 17.4. The van der Waals surface area contributed by atoms with Crippen LogP contribution in [0, 0.1) is 0 Å². The molecule has 1 aliphatic rings. The maximum atomic E-state index is 6.52. The number of benzene rings is 7.